The molecule has 1 amide bonds. The van der Waals surface area contributed by atoms with Crippen molar-refractivity contribution >= 4 is 44.7 Å². The summed E-state index contributed by atoms with van der Waals surface area (Å²) in [7, 11) is 0. The fourth-order valence-corrected chi connectivity index (χ4v) is 3.96. The number of benzene rings is 1. The molecule has 6 nitrogen and oxygen atoms in total. The van der Waals surface area contributed by atoms with Crippen molar-refractivity contribution < 1.29 is 4.79 Å². The predicted octanol–water partition coefficient (Wildman–Crippen LogP) is 3.87. The highest BCUT2D eigenvalue weighted by molar-refractivity contribution is 7.17. The van der Waals surface area contributed by atoms with E-state index in [0.717, 1.165) is 5.56 Å². The third-order valence-corrected chi connectivity index (χ3v) is 5.91. The van der Waals surface area contributed by atoms with Crippen LogP contribution in [0.4, 0.5) is 5.69 Å². The standard InChI is InChI=1S/C20H22ClN3O3S/c1-12(2)7-9-23-19(26)18-16(8-10-28-18)24(20(23)27)11-17(25)22-15-6-4-5-14(21)13(15)3/h4-6,8,10,12H,7,9,11H2,1-3H3,(H,22,25). The van der Waals surface area contributed by atoms with E-state index in [9.17, 15) is 14.4 Å². The second-order valence-electron chi connectivity index (χ2n) is 7.10. The van der Waals surface area contributed by atoms with Crippen molar-refractivity contribution in [2.75, 3.05) is 5.32 Å². The molecule has 0 aliphatic heterocycles. The van der Waals surface area contributed by atoms with E-state index in [0.29, 0.717) is 39.8 Å². The number of carbonyl (C=O) groups excluding carboxylic acids is 1. The zero-order chi connectivity index (χ0) is 20.4. The van der Waals surface area contributed by atoms with Crippen LogP contribution in [0.1, 0.15) is 25.8 Å². The number of hydrogen-bond acceptors (Lipinski definition) is 4. The lowest BCUT2D eigenvalue weighted by atomic mass is 10.1. The van der Waals surface area contributed by atoms with Crippen molar-refractivity contribution in [1.82, 2.24) is 9.13 Å². The Labute approximate surface area is 171 Å². The molecule has 0 saturated heterocycles. The maximum absolute atomic E-state index is 13.0. The molecule has 2 aromatic heterocycles. The van der Waals surface area contributed by atoms with Crippen molar-refractivity contribution in [2.24, 2.45) is 5.92 Å². The number of nitrogens with one attached hydrogen (secondary N) is 1. The molecule has 3 aromatic rings. The minimum Gasteiger partial charge on any atom is -0.324 e. The molecule has 0 radical (unpaired) electrons. The Morgan fingerprint density at radius 2 is 1.96 bits per heavy atom. The Hall–Kier alpha value is -2.38. The highest BCUT2D eigenvalue weighted by Gasteiger charge is 2.17. The van der Waals surface area contributed by atoms with Gasteiger partial charge in [-0.1, -0.05) is 31.5 Å². The zero-order valence-electron chi connectivity index (χ0n) is 16.0. The predicted molar refractivity (Wildman–Crippen MR) is 115 cm³/mol. The summed E-state index contributed by atoms with van der Waals surface area (Å²) in [6, 6.07) is 6.95. The Kier molecular flexibility index (Phi) is 6.05. The molecule has 0 aliphatic carbocycles. The number of fused-ring (bicyclic) bond motifs is 1. The van der Waals surface area contributed by atoms with Gasteiger partial charge in [0, 0.05) is 17.3 Å². The molecule has 3 rings (SSSR count). The average molecular weight is 420 g/mol. The van der Waals surface area contributed by atoms with Crippen LogP contribution >= 0.6 is 22.9 Å². The van der Waals surface area contributed by atoms with Crippen LogP contribution in [0.25, 0.3) is 10.2 Å². The molecule has 148 valence electrons. The van der Waals surface area contributed by atoms with Crippen LogP contribution in [0.3, 0.4) is 0 Å². The number of aromatic nitrogens is 2. The first-order valence-corrected chi connectivity index (χ1v) is 10.3. The second kappa shape index (κ2) is 8.32. The summed E-state index contributed by atoms with van der Waals surface area (Å²) < 4.78 is 3.08. The lowest BCUT2D eigenvalue weighted by molar-refractivity contribution is -0.116. The van der Waals surface area contributed by atoms with Gasteiger partial charge >= 0.3 is 5.69 Å². The minimum atomic E-state index is -0.463. The molecule has 0 saturated carbocycles. The highest BCUT2D eigenvalue weighted by atomic mass is 35.5. The van der Waals surface area contributed by atoms with Crippen LogP contribution in [0, 0.1) is 12.8 Å². The van der Waals surface area contributed by atoms with Gasteiger partial charge in [0.15, 0.2) is 0 Å². The number of amides is 1. The molecule has 0 atom stereocenters. The Balaban J connectivity index is 1.97. The SMILES string of the molecule is Cc1c(Cl)cccc1NC(=O)Cn1c(=O)n(CCC(C)C)c(=O)c2sccc21. The summed E-state index contributed by atoms with van der Waals surface area (Å²) in [5.41, 5.74) is 1.08. The summed E-state index contributed by atoms with van der Waals surface area (Å²) in [6.45, 7) is 6.04. The number of anilines is 1. The van der Waals surface area contributed by atoms with Crippen LogP contribution in [-0.2, 0) is 17.9 Å². The first kappa shape index (κ1) is 20.4. The normalized spacial score (nSPS) is 11.3. The largest absolute Gasteiger partial charge is 0.332 e. The topological polar surface area (TPSA) is 73.1 Å². The van der Waals surface area contributed by atoms with Gasteiger partial charge in [-0.15, -0.1) is 11.3 Å². The van der Waals surface area contributed by atoms with Crippen molar-refractivity contribution in [2.45, 2.75) is 40.3 Å². The third kappa shape index (κ3) is 4.05. The summed E-state index contributed by atoms with van der Waals surface area (Å²) in [5.74, 6) is 0.00177. The van der Waals surface area contributed by atoms with Crippen molar-refractivity contribution in [3.63, 3.8) is 0 Å². The quantitative estimate of drug-likeness (QED) is 0.659. The molecule has 0 aliphatic rings. The molecule has 28 heavy (non-hydrogen) atoms. The van der Waals surface area contributed by atoms with Gasteiger partial charge in [0.2, 0.25) is 5.91 Å². The van der Waals surface area contributed by atoms with E-state index in [1.807, 2.05) is 20.8 Å². The number of carbonyl (C=O) groups is 1. The molecule has 0 fully saturated rings. The zero-order valence-corrected chi connectivity index (χ0v) is 17.6. The second-order valence-corrected chi connectivity index (χ2v) is 8.43. The summed E-state index contributed by atoms with van der Waals surface area (Å²) >= 11 is 7.38. The number of thiophene rings is 1. The fraction of sp³-hybridized carbons (Fsp3) is 0.350. The van der Waals surface area contributed by atoms with Crippen molar-refractivity contribution in [1.29, 1.82) is 0 Å². The van der Waals surface area contributed by atoms with Gasteiger partial charge in [-0.2, -0.15) is 0 Å². The van der Waals surface area contributed by atoms with Gasteiger partial charge in [-0.25, -0.2) is 4.79 Å². The lowest BCUT2D eigenvalue weighted by Crippen LogP contribution is -2.41. The molecule has 1 N–H and O–H groups in total. The summed E-state index contributed by atoms with van der Waals surface area (Å²) in [4.78, 5) is 38.3. The fourth-order valence-electron chi connectivity index (χ4n) is 2.95. The molecule has 0 bridgehead atoms. The Bertz CT molecular complexity index is 1140. The first-order valence-electron chi connectivity index (χ1n) is 9.05. The maximum Gasteiger partial charge on any atom is 0.332 e. The van der Waals surface area contributed by atoms with E-state index >= 15 is 0 Å². The van der Waals surface area contributed by atoms with E-state index in [2.05, 4.69) is 5.32 Å². The molecule has 0 spiro atoms. The Morgan fingerprint density at radius 1 is 1.21 bits per heavy atom. The van der Waals surface area contributed by atoms with Crippen LogP contribution in [-0.4, -0.2) is 15.0 Å². The van der Waals surface area contributed by atoms with Crippen LogP contribution in [0.5, 0.6) is 0 Å². The third-order valence-electron chi connectivity index (χ3n) is 4.61. The lowest BCUT2D eigenvalue weighted by Gasteiger charge is -2.14. The van der Waals surface area contributed by atoms with Crippen molar-refractivity contribution in [3.05, 3.63) is 61.1 Å². The summed E-state index contributed by atoms with van der Waals surface area (Å²) in [5, 5.41) is 5.11. The molecule has 1 aromatic carbocycles. The molecule has 2 heterocycles. The van der Waals surface area contributed by atoms with Crippen LogP contribution < -0.4 is 16.6 Å². The van der Waals surface area contributed by atoms with Gasteiger partial charge in [0.25, 0.3) is 5.56 Å². The van der Waals surface area contributed by atoms with E-state index in [1.54, 1.807) is 29.6 Å². The highest BCUT2D eigenvalue weighted by Crippen LogP contribution is 2.23. The van der Waals surface area contributed by atoms with E-state index in [1.165, 1.54) is 20.5 Å². The van der Waals surface area contributed by atoms with Crippen LogP contribution in [0.15, 0.2) is 39.2 Å². The molecule has 0 unspecified atom stereocenters. The Morgan fingerprint density at radius 3 is 2.68 bits per heavy atom. The van der Waals surface area contributed by atoms with Gasteiger partial charge < -0.3 is 5.32 Å². The smallest absolute Gasteiger partial charge is 0.324 e. The molecular formula is C20H22ClN3O3S. The molecule has 8 heteroatoms. The first-order chi connectivity index (χ1) is 13.3. The summed E-state index contributed by atoms with van der Waals surface area (Å²) in [6.07, 6.45) is 0.708. The monoisotopic (exact) mass is 419 g/mol. The minimum absolute atomic E-state index is 0.181. The number of rotatable bonds is 6. The average Bonchev–Trinajstić information content (AvgIpc) is 3.12. The van der Waals surface area contributed by atoms with Gasteiger partial charge in [0.1, 0.15) is 11.2 Å². The molecular weight excluding hydrogens is 398 g/mol. The number of halogens is 1. The van der Waals surface area contributed by atoms with Crippen LogP contribution in [0.2, 0.25) is 5.02 Å². The van der Waals surface area contributed by atoms with Gasteiger partial charge in [-0.3, -0.25) is 18.7 Å². The van der Waals surface area contributed by atoms with Gasteiger partial charge in [-0.05, 0) is 48.4 Å². The van der Waals surface area contributed by atoms with E-state index in [4.69, 9.17) is 11.6 Å². The number of hydrogen-bond donors (Lipinski definition) is 1. The van der Waals surface area contributed by atoms with Crippen molar-refractivity contribution in [3.8, 4) is 0 Å². The van der Waals surface area contributed by atoms with E-state index in [-0.39, 0.29) is 18.0 Å². The maximum atomic E-state index is 13.0. The van der Waals surface area contributed by atoms with Gasteiger partial charge in [0.05, 0.1) is 5.52 Å². The number of nitrogens with zero attached hydrogens (tertiary/aromatic N) is 2. The van der Waals surface area contributed by atoms with E-state index < -0.39 is 5.69 Å².